The maximum Gasteiger partial charge on any atom is 0.413 e. The van der Waals surface area contributed by atoms with Gasteiger partial charge in [-0.05, 0) is 5.41 Å². The summed E-state index contributed by atoms with van der Waals surface area (Å²) in [6.45, 7) is 3.73. The second kappa shape index (κ2) is 4.95. The fourth-order valence-corrected chi connectivity index (χ4v) is 0.712. The summed E-state index contributed by atoms with van der Waals surface area (Å²) in [5, 5.41) is 8.87. The average molecular weight is 215 g/mol. The van der Waals surface area contributed by atoms with E-state index < -0.39 is 18.8 Å². The zero-order valence-corrected chi connectivity index (χ0v) is 8.48. The molecule has 0 aromatic heterocycles. The maximum atomic E-state index is 11.7. The quantitative estimate of drug-likeness (QED) is 0.698. The number of hydroxylamine groups is 1. The summed E-state index contributed by atoms with van der Waals surface area (Å²) >= 11 is 0. The Balaban J connectivity index is 3.87. The third-order valence-electron chi connectivity index (χ3n) is 1.69. The molecular formula is C8H16F3NO2. The summed E-state index contributed by atoms with van der Waals surface area (Å²) < 4.78 is 35.0. The molecule has 0 aliphatic carbocycles. The van der Waals surface area contributed by atoms with Crippen molar-refractivity contribution in [2.75, 3.05) is 13.2 Å². The van der Waals surface area contributed by atoms with E-state index in [0.717, 1.165) is 0 Å². The van der Waals surface area contributed by atoms with Gasteiger partial charge >= 0.3 is 6.18 Å². The van der Waals surface area contributed by atoms with Gasteiger partial charge in [0.05, 0.1) is 12.6 Å². The fourth-order valence-electron chi connectivity index (χ4n) is 0.712. The molecule has 0 saturated heterocycles. The molecule has 14 heavy (non-hydrogen) atoms. The molecule has 6 heteroatoms. The molecular weight excluding hydrogens is 199 g/mol. The Morgan fingerprint density at radius 1 is 1.29 bits per heavy atom. The highest BCUT2D eigenvalue weighted by Gasteiger charge is 2.30. The van der Waals surface area contributed by atoms with Crippen molar-refractivity contribution in [2.24, 2.45) is 5.41 Å². The molecule has 86 valence electrons. The highest BCUT2D eigenvalue weighted by Crippen LogP contribution is 2.19. The van der Waals surface area contributed by atoms with Crippen LogP contribution in [0.1, 0.15) is 20.8 Å². The van der Waals surface area contributed by atoms with E-state index in [-0.39, 0.29) is 12.0 Å². The van der Waals surface area contributed by atoms with Crippen LogP contribution in [-0.2, 0) is 4.84 Å². The normalized spacial score (nSPS) is 15.6. The van der Waals surface area contributed by atoms with Crippen molar-refractivity contribution in [1.29, 1.82) is 0 Å². The van der Waals surface area contributed by atoms with E-state index in [0.29, 0.717) is 0 Å². The zero-order chi connectivity index (χ0) is 11.4. The molecule has 0 rings (SSSR count). The molecule has 0 heterocycles. The molecule has 0 amide bonds. The van der Waals surface area contributed by atoms with Gasteiger partial charge in [0.2, 0.25) is 0 Å². The molecule has 0 spiro atoms. The van der Waals surface area contributed by atoms with Crippen LogP contribution < -0.4 is 5.48 Å². The predicted molar refractivity (Wildman–Crippen MR) is 45.5 cm³/mol. The summed E-state index contributed by atoms with van der Waals surface area (Å²) in [5.74, 6) is 0. The van der Waals surface area contributed by atoms with Gasteiger partial charge in [0, 0.05) is 0 Å². The molecule has 3 nitrogen and oxygen atoms in total. The first-order chi connectivity index (χ1) is 6.17. The van der Waals surface area contributed by atoms with Gasteiger partial charge in [0.25, 0.3) is 0 Å². The van der Waals surface area contributed by atoms with Crippen LogP contribution in [-0.4, -0.2) is 30.5 Å². The lowest BCUT2D eigenvalue weighted by molar-refractivity contribution is -0.197. The number of hydrogen-bond acceptors (Lipinski definition) is 3. The first-order valence-corrected chi connectivity index (χ1v) is 4.22. The third-order valence-corrected chi connectivity index (χ3v) is 1.69. The molecule has 0 saturated carbocycles. The van der Waals surface area contributed by atoms with Crippen molar-refractivity contribution < 1.29 is 23.1 Å². The minimum absolute atomic E-state index is 0.276. The number of halogens is 3. The standard InChI is InChI=1S/C8H16F3NO2/c1-7(2,3)6(4-13)12-14-5-8(9,10)11/h6,12-13H,4-5H2,1-3H3/t6-/m1/s1. The average Bonchev–Trinajstić information content (AvgIpc) is 1.93. The maximum absolute atomic E-state index is 11.7. The Labute approximate surface area is 81.2 Å². The second-order valence-electron chi connectivity index (χ2n) is 4.12. The lowest BCUT2D eigenvalue weighted by Crippen LogP contribution is -2.44. The van der Waals surface area contributed by atoms with Crippen molar-refractivity contribution in [2.45, 2.75) is 33.0 Å². The van der Waals surface area contributed by atoms with Crippen molar-refractivity contribution >= 4 is 0 Å². The van der Waals surface area contributed by atoms with E-state index in [1.165, 1.54) is 0 Å². The molecule has 0 fully saturated rings. The molecule has 0 aliphatic rings. The molecule has 2 N–H and O–H groups in total. The molecule has 0 unspecified atom stereocenters. The van der Waals surface area contributed by atoms with Gasteiger partial charge < -0.3 is 5.11 Å². The van der Waals surface area contributed by atoms with Crippen LogP contribution in [0, 0.1) is 5.41 Å². The van der Waals surface area contributed by atoms with Gasteiger partial charge in [-0.3, -0.25) is 4.84 Å². The summed E-state index contributed by atoms with van der Waals surface area (Å²) in [6.07, 6.45) is -4.36. The van der Waals surface area contributed by atoms with E-state index in [9.17, 15) is 13.2 Å². The summed E-state index contributed by atoms with van der Waals surface area (Å²) in [4.78, 5) is 4.24. The summed E-state index contributed by atoms with van der Waals surface area (Å²) in [6, 6.07) is -0.523. The largest absolute Gasteiger partial charge is 0.413 e. The van der Waals surface area contributed by atoms with E-state index in [1.54, 1.807) is 20.8 Å². The zero-order valence-electron chi connectivity index (χ0n) is 8.48. The molecule has 0 aromatic rings. The molecule has 0 aliphatic heterocycles. The minimum atomic E-state index is -4.36. The topological polar surface area (TPSA) is 41.5 Å². The Hall–Kier alpha value is -0.330. The lowest BCUT2D eigenvalue weighted by atomic mass is 9.88. The number of alkyl halides is 3. The molecule has 0 radical (unpaired) electrons. The van der Waals surface area contributed by atoms with Crippen LogP contribution in [0.4, 0.5) is 13.2 Å². The van der Waals surface area contributed by atoms with Crippen molar-refractivity contribution in [3.05, 3.63) is 0 Å². The minimum Gasteiger partial charge on any atom is -0.395 e. The number of aliphatic hydroxyl groups is 1. The SMILES string of the molecule is CC(C)(C)[C@@H](CO)NOCC(F)(F)F. The van der Waals surface area contributed by atoms with Gasteiger partial charge in [0.1, 0.15) is 0 Å². The van der Waals surface area contributed by atoms with Crippen LogP contribution in [0.3, 0.4) is 0 Å². The summed E-state index contributed by atoms with van der Waals surface area (Å²) in [5.41, 5.74) is 1.84. The van der Waals surface area contributed by atoms with E-state index >= 15 is 0 Å². The van der Waals surface area contributed by atoms with Crippen molar-refractivity contribution in [3.63, 3.8) is 0 Å². The predicted octanol–water partition coefficient (Wildman–Crippen LogP) is 1.48. The second-order valence-corrected chi connectivity index (χ2v) is 4.12. The molecule has 1 atom stereocenters. The molecule has 0 aromatic carbocycles. The van der Waals surface area contributed by atoms with Crippen LogP contribution in [0.2, 0.25) is 0 Å². The Morgan fingerprint density at radius 3 is 2.07 bits per heavy atom. The monoisotopic (exact) mass is 215 g/mol. The van der Waals surface area contributed by atoms with E-state index in [1.807, 2.05) is 0 Å². The highest BCUT2D eigenvalue weighted by atomic mass is 19.4. The van der Waals surface area contributed by atoms with Crippen LogP contribution in [0.5, 0.6) is 0 Å². The first kappa shape index (κ1) is 13.7. The lowest BCUT2D eigenvalue weighted by Gasteiger charge is -2.29. The van der Waals surface area contributed by atoms with Gasteiger partial charge in [-0.25, -0.2) is 0 Å². The number of hydrogen-bond donors (Lipinski definition) is 2. The Kier molecular flexibility index (Phi) is 4.83. The summed E-state index contributed by atoms with van der Waals surface area (Å²) in [7, 11) is 0. The Morgan fingerprint density at radius 2 is 1.79 bits per heavy atom. The van der Waals surface area contributed by atoms with Crippen molar-refractivity contribution in [3.8, 4) is 0 Å². The van der Waals surface area contributed by atoms with E-state index in [2.05, 4.69) is 10.3 Å². The number of aliphatic hydroxyl groups excluding tert-OH is 1. The first-order valence-electron chi connectivity index (χ1n) is 4.22. The van der Waals surface area contributed by atoms with Crippen LogP contribution in [0.25, 0.3) is 0 Å². The van der Waals surface area contributed by atoms with Gasteiger partial charge in [-0.1, -0.05) is 20.8 Å². The van der Waals surface area contributed by atoms with Crippen molar-refractivity contribution in [1.82, 2.24) is 5.48 Å². The van der Waals surface area contributed by atoms with Gasteiger partial charge in [-0.15, -0.1) is 0 Å². The third kappa shape index (κ3) is 6.17. The van der Waals surface area contributed by atoms with Crippen LogP contribution >= 0.6 is 0 Å². The molecule has 0 bridgehead atoms. The Bertz CT molecular complexity index is 165. The number of rotatable bonds is 4. The number of nitrogens with one attached hydrogen (secondary N) is 1. The van der Waals surface area contributed by atoms with Crippen LogP contribution in [0.15, 0.2) is 0 Å². The van der Waals surface area contributed by atoms with E-state index in [4.69, 9.17) is 5.11 Å². The smallest absolute Gasteiger partial charge is 0.395 e. The van der Waals surface area contributed by atoms with Gasteiger partial charge in [-0.2, -0.15) is 18.7 Å². The van der Waals surface area contributed by atoms with Gasteiger partial charge in [0.15, 0.2) is 6.61 Å². The fraction of sp³-hybridized carbons (Fsp3) is 1.00. The highest BCUT2D eigenvalue weighted by molar-refractivity contribution is 4.76.